The highest BCUT2D eigenvalue weighted by Gasteiger charge is 2.69. The van der Waals surface area contributed by atoms with E-state index in [4.69, 9.17) is 18.9 Å². The summed E-state index contributed by atoms with van der Waals surface area (Å²) in [6, 6.07) is 18.4. The number of aryl methyl sites for hydroxylation is 1. The van der Waals surface area contributed by atoms with Crippen LogP contribution in [0.3, 0.4) is 0 Å². The van der Waals surface area contributed by atoms with Crippen molar-refractivity contribution < 1.29 is 58.6 Å². The number of esters is 3. The number of benzene rings is 3. The molecule has 0 radical (unpaired) electrons. The standard InChI is InChI=1S/C38H39NO12/c1-21-14-15-25(40)32-29(21)37-18-19-39(3)22(2)38(37,47)17-16-27(33(37)50-32)48-35(45)26(41)20-28(42)49-31(24-12-8-5-9-13-24)36(46)51-30(34(43)44)23-10-6-4-7-11-23/h4-16,22,26,30-31,33,40-41,47H,17-20H2,1-3H3,(H,43,44)/t22-,26+,30+,31+,33+,37+,38-/m1/s1. The summed E-state index contributed by atoms with van der Waals surface area (Å²) in [4.78, 5) is 53.7. The maximum Gasteiger partial charge on any atom is 0.353 e. The highest BCUT2D eigenvalue weighted by atomic mass is 16.6. The molecule has 3 aliphatic rings. The number of carboxylic acids is 1. The lowest BCUT2D eigenvalue weighted by molar-refractivity contribution is -0.179. The molecule has 1 aliphatic carbocycles. The van der Waals surface area contributed by atoms with Gasteiger partial charge in [0.15, 0.2) is 23.7 Å². The lowest BCUT2D eigenvalue weighted by atomic mass is 9.54. The van der Waals surface area contributed by atoms with E-state index >= 15 is 0 Å². The normalized spacial score (nSPS) is 25.4. The van der Waals surface area contributed by atoms with Crippen LogP contribution in [0, 0.1) is 6.92 Å². The van der Waals surface area contributed by atoms with Crippen molar-refractivity contribution in [3.63, 3.8) is 0 Å². The monoisotopic (exact) mass is 701 g/mol. The van der Waals surface area contributed by atoms with E-state index in [1.807, 2.05) is 25.8 Å². The van der Waals surface area contributed by atoms with Crippen molar-refractivity contribution in [3.8, 4) is 11.5 Å². The van der Waals surface area contributed by atoms with Gasteiger partial charge >= 0.3 is 23.9 Å². The van der Waals surface area contributed by atoms with Gasteiger partial charge in [0, 0.05) is 29.2 Å². The second kappa shape index (κ2) is 13.8. The van der Waals surface area contributed by atoms with Crippen molar-refractivity contribution in [2.45, 2.75) is 74.6 Å². The highest BCUT2D eigenvalue weighted by molar-refractivity contribution is 5.86. The van der Waals surface area contributed by atoms with Gasteiger partial charge in [0.05, 0.1) is 17.4 Å². The quantitative estimate of drug-likeness (QED) is 0.178. The number of carboxylic acid groups (broad SMARTS) is 1. The Labute approximate surface area is 293 Å². The third-order valence-electron chi connectivity index (χ3n) is 10.3. The largest absolute Gasteiger partial charge is 0.504 e. The number of aliphatic hydroxyl groups excluding tert-OH is 1. The van der Waals surface area contributed by atoms with Crippen molar-refractivity contribution in [2.24, 2.45) is 0 Å². The number of piperidine rings is 1. The Bertz CT molecular complexity index is 1860. The van der Waals surface area contributed by atoms with E-state index < -0.39 is 65.7 Å². The predicted molar refractivity (Wildman–Crippen MR) is 178 cm³/mol. The minimum atomic E-state index is -2.05. The van der Waals surface area contributed by atoms with E-state index in [-0.39, 0.29) is 40.8 Å². The Kier molecular flexibility index (Phi) is 9.64. The van der Waals surface area contributed by atoms with E-state index in [1.165, 1.54) is 36.4 Å². The molecule has 13 heteroatoms. The van der Waals surface area contributed by atoms with Gasteiger partial charge in [-0.2, -0.15) is 0 Å². The number of nitrogens with zero attached hydrogens (tertiary/aromatic N) is 1. The predicted octanol–water partition coefficient (Wildman–Crippen LogP) is 3.39. The van der Waals surface area contributed by atoms with Gasteiger partial charge < -0.3 is 44.3 Å². The summed E-state index contributed by atoms with van der Waals surface area (Å²) in [5, 5.41) is 43.7. The van der Waals surface area contributed by atoms with Gasteiger partial charge in [-0.25, -0.2) is 14.4 Å². The van der Waals surface area contributed by atoms with Crippen LogP contribution in [-0.2, 0) is 38.8 Å². The molecule has 1 saturated heterocycles. The number of hydrogen-bond acceptors (Lipinski definition) is 12. The molecule has 1 fully saturated rings. The van der Waals surface area contributed by atoms with E-state index in [1.54, 1.807) is 42.5 Å². The Morgan fingerprint density at radius 3 is 2.20 bits per heavy atom. The second-order valence-electron chi connectivity index (χ2n) is 13.2. The Hall–Kier alpha value is -5.24. The van der Waals surface area contributed by atoms with Gasteiger partial charge in [0.2, 0.25) is 12.2 Å². The topological polar surface area (TPSA) is 189 Å². The summed E-state index contributed by atoms with van der Waals surface area (Å²) in [5.74, 6) is -4.96. The molecular weight excluding hydrogens is 662 g/mol. The molecule has 0 bridgehead atoms. The molecular formula is C38H39NO12. The lowest BCUT2D eigenvalue weighted by Crippen LogP contribution is -2.71. The summed E-state index contributed by atoms with van der Waals surface area (Å²) in [5.41, 5.74) is -0.742. The Balaban J connectivity index is 1.19. The average Bonchev–Trinajstić information content (AvgIpc) is 3.49. The summed E-state index contributed by atoms with van der Waals surface area (Å²) < 4.78 is 22.6. The molecule has 2 heterocycles. The van der Waals surface area contributed by atoms with E-state index in [2.05, 4.69) is 0 Å². The fraction of sp³-hybridized carbons (Fsp3) is 0.368. The van der Waals surface area contributed by atoms with Gasteiger partial charge in [0.1, 0.15) is 5.76 Å². The van der Waals surface area contributed by atoms with Crippen LogP contribution >= 0.6 is 0 Å². The van der Waals surface area contributed by atoms with Crippen LogP contribution in [0.4, 0.5) is 0 Å². The van der Waals surface area contributed by atoms with Crippen LogP contribution in [0.15, 0.2) is 84.6 Å². The van der Waals surface area contributed by atoms with Crippen molar-refractivity contribution in [1.29, 1.82) is 0 Å². The van der Waals surface area contributed by atoms with Gasteiger partial charge in [-0.05, 0) is 51.6 Å². The minimum absolute atomic E-state index is 0.00945. The van der Waals surface area contributed by atoms with E-state index in [0.29, 0.717) is 18.5 Å². The zero-order valence-corrected chi connectivity index (χ0v) is 28.2. The van der Waals surface area contributed by atoms with Gasteiger partial charge in [-0.1, -0.05) is 66.7 Å². The Morgan fingerprint density at radius 2 is 1.57 bits per heavy atom. The number of rotatable bonds is 10. The lowest BCUT2D eigenvalue weighted by Gasteiger charge is -2.58. The number of fused-ring (bicyclic) bond motifs is 1. The summed E-state index contributed by atoms with van der Waals surface area (Å²) in [7, 11) is 1.90. The zero-order chi connectivity index (χ0) is 36.7. The van der Waals surface area contributed by atoms with Crippen LogP contribution in [0.25, 0.3) is 0 Å². The molecule has 4 N–H and O–H groups in total. The molecule has 3 aromatic carbocycles. The third kappa shape index (κ3) is 6.21. The van der Waals surface area contributed by atoms with Crippen LogP contribution < -0.4 is 4.74 Å². The van der Waals surface area contributed by atoms with E-state index in [9.17, 15) is 39.6 Å². The van der Waals surface area contributed by atoms with Crippen LogP contribution in [-0.4, -0.2) is 86.6 Å². The maximum atomic E-state index is 13.3. The molecule has 6 rings (SSSR count). The smallest absolute Gasteiger partial charge is 0.353 e. The Morgan fingerprint density at radius 1 is 0.941 bits per heavy atom. The van der Waals surface area contributed by atoms with Crippen LogP contribution in [0.5, 0.6) is 11.5 Å². The number of phenols is 1. The fourth-order valence-corrected chi connectivity index (χ4v) is 7.56. The molecule has 1 spiro atoms. The fourth-order valence-electron chi connectivity index (χ4n) is 7.56. The molecule has 0 amide bonds. The average molecular weight is 702 g/mol. The number of aliphatic carboxylic acids is 1. The van der Waals surface area contributed by atoms with Crippen molar-refractivity contribution in [1.82, 2.24) is 4.90 Å². The maximum absolute atomic E-state index is 13.3. The molecule has 13 nitrogen and oxygen atoms in total. The highest BCUT2D eigenvalue weighted by Crippen LogP contribution is 2.62. The zero-order valence-electron chi connectivity index (χ0n) is 28.2. The molecule has 3 aromatic rings. The first-order valence-corrected chi connectivity index (χ1v) is 16.5. The van der Waals surface area contributed by atoms with Crippen LogP contribution in [0.1, 0.15) is 60.6 Å². The van der Waals surface area contributed by atoms with Crippen molar-refractivity contribution >= 4 is 23.9 Å². The third-order valence-corrected chi connectivity index (χ3v) is 10.3. The van der Waals surface area contributed by atoms with Gasteiger partial charge in [0.25, 0.3) is 0 Å². The SMILES string of the molecule is Cc1ccc(O)c2c1[C@]13CCN(C)[C@H](C)[C@]1(O)CC=C(OC(=O)[C@@H](O)CC(=O)O[C@H](C(=O)O[C@H](C(=O)O)c1ccccc1)c1ccccc1)[C@@H]3O2. The summed E-state index contributed by atoms with van der Waals surface area (Å²) in [6.07, 6.45) is -5.45. The molecule has 51 heavy (non-hydrogen) atoms. The molecule has 2 aliphatic heterocycles. The first-order valence-electron chi connectivity index (χ1n) is 16.5. The number of aromatic hydroxyl groups is 1. The van der Waals surface area contributed by atoms with Crippen molar-refractivity contribution in [2.75, 3.05) is 13.6 Å². The van der Waals surface area contributed by atoms with Crippen molar-refractivity contribution in [3.05, 3.63) is 107 Å². The number of aliphatic hydroxyl groups is 2. The molecule has 0 aromatic heterocycles. The summed E-state index contributed by atoms with van der Waals surface area (Å²) in [6.45, 7) is 4.32. The molecule has 268 valence electrons. The van der Waals surface area contributed by atoms with E-state index in [0.717, 1.165) is 5.56 Å². The molecule has 0 saturated carbocycles. The number of carbonyl (C=O) groups excluding carboxylic acids is 3. The number of likely N-dealkylation sites (N-methyl/N-ethyl adjacent to an activating group) is 1. The van der Waals surface area contributed by atoms with Gasteiger partial charge in [-0.3, -0.25) is 4.79 Å². The number of carbonyl (C=O) groups is 4. The number of hydrogen-bond donors (Lipinski definition) is 4. The number of ether oxygens (including phenoxy) is 4. The molecule has 7 atom stereocenters. The second-order valence-corrected chi connectivity index (χ2v) is 13.2. The first-order chi connectivity index (χ1) is 24.3. The number of likely N-dealkylation sites (tertiary alicyclic amines) is 1. The molecule has 0 unspecified atom stereocenters. The number of phenolic OH excluding ortho intramolecular Hbond substituents is 1. The van der Waals surface area contributed by atoms with Crippen LogP contribution in [0.2, 0.25) is 0 Å². The first kappa shape index (κ1) is 35.6. The minimum Gasteiger partial charge on any atom is -0.504 e. The van der Waals surface area contributed by atoms with Gasteiger partial charge in [-0.15, -0.1) is 0 Å². The summed E-state index contributed by atoms with van der Waals surface area (Å²) >= 11 is 0.